The lowest BCUT2D eigenvalue weighted by molar-refractivity contribution is -0.385. The number of carbonyl (C=O) groups excluding carboxylic acids is 1. The van der Waals surface area contributed by atoms with Crippen molar-refractivity contribution in [3.8, 4) is 0 Å². The molecule has 0 saturated heterocycles. The molecule has 68 valence electrons. The van der Waals surface area contributed by atoms with Crippen LogP contribution in [0.2, 0.25) is 0 Å². The molecule has 0 aliphatic heterocycles. The zero-order valence-corrected chi connectivity index (χ0v) is 6.57. The summed E-state index contributed by atoms with van der Waals surface area (Å²) in [5.41, 5.74) is -0.542. The van der Waals surface area contributed by atoms with Gasteiger partial charge in [-0.15, -0.1) is 0 Å². The number of ketones is 1. The van der Waals surface area contributed by atoms with Crippen molar-refractivity contribution in [3.63, 3.8) is 0 Å². The van der Waals surface area contributed by atoms with Gasteiger partial charge in [-0.2, -0.15) is 0 Å². The number of para-hydroxylation sites is 1. The SMILES string of the molecule is O=C(CF)c1ccccc1[N+](=O)[O-]. The van der Waals surface area contributed by atoms with Gasteiger partial charge >= 0.3 is 0 Å². The molecule has 0 aliphatic carbocycles. The van der Waals surface area contributed by atoms with Crippen molar-refractivity contribution in [2.75, 3.05) is 6.67 Å². The molecule has 0 saturated carbocycles. The smallest absolute Gasteiger partial charge is 0.280 e. The topological polar surface area (TPSA) is 60.2 Å². The number of hydrogen-bond donors (Lipinski definition) is 0. The number of rotatable bonds is 3. The third-order valence-electron chi connectivity index (χ3n) is 1.52. The highest BCUT2D eigenvalue weighted by atomic mass is 19.1. The normalized spacial score (nSPS) is 9.62. The van der Waals surface area contributed by atoms with Gasteiger partial charge in [0.15, 0.2) is 6.67 Å². The number of nitro groups is 1. The van der Waals surface area contributed by atoms with Crippen molar-refractivity contribution in [2.24, 2.45) is 0 Å². The van der Waals surface area contributed by atoms with E-state index < -0.39 is 17.4 Å². The van der Waals surface area contributed by atoms with E-state index in [1.807, 2.05) is 0 Å². The Kier molecular flexibility index (Phi) is 2.69. The summed E-state index contributed by atoms with van der Waals surface area (Å²) < 4.78 is 11.9. The molecule has 0 spiro atoms. The van der Waals surface area contributed by atoms with E-state index in [2.05, 4.69) is 0 Å². The molecule has 0 atom stereocenters. The van der Waals surface area contributed by atoms with Gasteiger partial charge < -0.3 is 0 Å². The Labute approximate surface area is 73.1 Å². The molecule has 1 aromatic rings. The van der Waals surface area contributed by atoms with Crippen molar-refractivity contribution < 1.29 is 14.1 Å². The average molecular weight is 183 g/mol. The Balaban J connectivity index is 3.19. The van der Waals surface area contributed by atoms with Gasteiger partial charge in [-0.25, -0.2) is 4.39 Å². The maximum atomic E-state index is 11.9. The molecule has 0 unspecified atom stereocenters. The van der Waals surface area contributed by atoms with E-state index in [4.69, 9.17) is 0 Å². The van der Waals surface area contributed by atoms with Crippen LogP contribution in [0.4, 0.5) is 10.1 Å². The summed E-state index contributed by atoms with van der Waals surface area (Å²) in [6.45, 7) is -1.22. The fourth-order valence-corrected chi connectivity index (χ4v) is 0.941. The second kappa shape index (κ2) is 3.75. The minimum atomic E-state index is -1.22. The number of alkyl halides is 1. The number of carbonyl (C=O) groups is 1. The Morgan fingerprint density at radius 3 is 2.62 bits per heavy atom. The van der Waals surface area contributed by atoms with Gasteiger partial charge in [-0.05, 0) is 6.07 Å². The predicted molar refractivity (Wildman–Crippen MR) is 43.4 cm³/mol. The average Bonchev–Trinajstić information content (AvgIpc) is 2.16. The van der Waals surface area contributed by atoms with E-state index in [-0.39, 0.29) is 11.3 Å². The first-order chi connectivity index (χ1) is 6.16. The summed E-state index contributed by atoms with van der Waals surface area (Å²) in [7, 11) is 0. The van der Waals surface area contributed by atoms with Crippen molar-refractivity contribution >= 4 is 11.5 Å². The van der Waals surface area contributed by atoms with E-state index >= 15 is 0 Å². The standard InChI is InChI=1S/C8H6FNO3/c9-5-8(11)6-3-1-2-4-7(6)10(12)13/h1-4H,5H2. The van der Waals surface area contributed by atoms with Gasteiger partial charge in [0.1, 0.15) is 0 Å². The summed E-state index contributed by atoms with van der Waals surface area (Å²) in [4.78, 5) is 20.5. The van der Waals surface area contributed by atoms with Crippen molar-refractivity contribution in [2.45, 2.75) is 0 Å². The molecule has 0 N–H and O–H groups in total. The highest BCUT2D eigenvalue weighted by Crippen LogP contribution is 2.17. The minimum absolute atomic E-state index is 0.185. The van der Waals surface area contributed by atoms with Crippen LogP contribution in [-0.4, -0.2) is 17.4 Å². The first-order valence-corrected chi connectivity index (χ1v) is 3.49. The van der Waals surface area contributed by atoms with Crippen LogP contribution in [0.3, 0.4) is 0 Å². The number of halogens is 1. The van der Waals surface area contributed by atoms with Crippen LogP contribution in [0.1, 0.15) is 10.4 Å². The number of benzene rings is 1. The summed E-state index contributed by atoms with van der Waals surface area (Å²) in [5, 5.41) is 10.4. The first-order valence-electron chi connectivity index (χ1n) is 3.49. The third kappa shape index (κ3) is 1.87. The largest absolute Gasteiger partial charge is 0.291 e. The lowest BCUT2D eigenvalue weighted by Crippen LogP contribution is -2.04. The minimum Gasteiger partial charge on any atom is -0.291 e. The van der Waals surface area contributed by atoms with Crippen LogP contribution in [0.5, 0.6) is 0 Å². The molecule has 0 radical (unpaired) electrons. The highest BCUT2D eigenvalue weighted by molar-refractivity contribution is 6.00. The second-order valence-corrected chi connectivity index (χ2v) is 2.33. The van der Waals surface area contributed by atoms with Crippen LogP contribution < -0.4 is 0 Å². The van der Waals surface area contributed by atoms with Crippen LogP contribution in [0.15, 0.2) is 24.3 Å². The van der Waals surface area contributed by atoms with E-state index in [1.54, 1.807) is 0 Å². The molecule has 1 aromatic carbocycles. The summed E-state index contributed by atoms with van der Waals surface area (Å²) in [6, 6.07) is 5.28. The molecular formula is C8H6FNO3. The summed E-state index contributed by atoms with van der Waals surface area (Å²) >= 11 is 0. The lowest BCUT2D eigenvalue weighted by Gasteiger charge is -1.97. The second-order valence-electron chi connectivity index (χ2n) is 2.33. The van der Waals surface area contributed by atoms with Gasteiger partial charge in [0, 0.05) is 6.07 Å². The maximum Gasteiger partial charge on any atom is 0.280 e. The Morgan fingerprint density at radius 1 is 1.46 bits per heavy atom. The molecule has 13 heavy (non-hydrogen) atoms. The molecule has 0 aliphatic rings. The summed E-state index contributed by atoms with van der Waals surface area (Å²) in [5.74, 6) is -0.868. The van der Waals surface area contributed by atoms with Crippen LogP contribution >= 0.6 is 0 Å². The molecule has 4 nitrogen and oxygen atoms in total. The fourth-order valence-electron chi connectivity index (χ4n) is 0.941. The van der Waals surface area contributed by atoms with Gasteiger partial charge in [-0.3, -0.25) is 14.9 Å². The van der Waals surface area contributed by atoms with Crippen LogP contribution in [0, 0.1) is 10.1 Å². The number of nitrogens with zero attached hydrogens (tertiary/aromatic N) is 1. The first kappa shape index (κ1) is 9.31. The highest BCUT2D eigenvalue weighted by Gasteiger charge is 2.18. The van der Waals surface area contributed by atoms with E-state index in [0.29, 0.717) is 0 Å². The van der Waals surface area contributed by atoms with Crippen molar-refractivity contribution in [1.82, 2.24) is 0 Å². The Bertz CT molecular complexity index is 351. The number of Topliss-reactive ketones (excluding diaryl/α,β-unsaturated/α-hetero) is 1. The van der Waals surface area contributed by atoms with E-state index in [9.17, 15) is 19.3 Å². The molecule has 0 amide bonds. The number of nitro benzene ring substituents is 1. The molecule has 1 rings (SSSR count). The van der Waals surface area contributed by atoms with Crippen molar-refractivity contribution in [3.05, 3.63) is 39.9 Å². The molecule has 0 aromatic heterocycles. The molecule has 0 heterocycles. The van der Waals surface area contributed by atoms with Crippen LogP contribution in [-0.2, 0) is 0 Å². The molecule has 0 bridgehead atoms. The van der Waals surface area contributed by atoms with Gasteiger partial charge in [0.25, 0.3) is 5.69 Å². The summed E-state index contributed by atoms with van der Waals surface area (Å²) in [6.07, 6.45) is 0. The van der Waals surface area contributed by atoms with E-state index in [1.165, 1.54) is 24.3 Å². The monoisotopic (exact) mass is 183 g/mol. The Morgan fingerprint density at radius 2 is 2.08 bits per heavy atom. The van der Waals surface area contributed by atoms with Gasteiger partial charge in [-0.1, -0.05) is 12.1 Å². The van der Waals surface area contributed by atoms with Gasteiger partial charge in [0.2, 0.25) is 5.78 Å². The van der Waals surface area contributed by atoms with Crippen LogP contribution in [0.25, 0.3) is 0 Å². The zero-order valence-electron chi connectivity index (χ0n) is 6.57. The maximum absolute atomic E-state index is 11.9. The zero-order chi connectivity index (χ0) is 9.84. The Hall–Kier alpha value is -1.78. The molecular weight excluding hydrogens is 177 g/mol. The molecule has 5 heteroatoms. The third-order valence-corrected chi connectivity index (χ3v) is 1.52. The molecule has 0 fully saturated rings. The quantitative estimate of drug-likeness (QED) is 0.407. The van der Waals surface area contributed by atoms with Crippen molar-refractivity contribution in [1.29, 1.82) is 0 Å². The number of hydrogen-bond acceptors (Lipinski definition) is 3. The predicted octanol–water partition coefficient (Wildman–Crippen LogP) is 1.75. The van der Waals surface area contributed by atoms with Gasteiger partial charge in [0.05, 0.1) is 10.5 Å². The lowest BCUT2D eigenvalue weighted by atomic mass is 10.1. The van der Waals surface area contributed by atoms with E-state index in [0.717, 1.165) is 0 Å². The fraction of sp³-hybridized carbons (Fsp3) is 0.125.